The van der Waals surface area contributed by atoms with Crippen LogP contribution in [0.1, 0.15) is 25.0 Å². The molecule has 11 aromatic carbocycles. The van der Waals surface area contributed by atoms with Crippen molar-refractivity contribution >= 4 is 100 Å². The van der Waals surface area contributed by atoms with E-state index in [-0.39, 0.29) is 12.1 Å². The van der Waals surface area contributed by atoms with Gasteiger partial charge < -0.3 is 9.80 Å². The van der Waals surface area contributed by atoms with Gasteiger partial charge in [0.1, 0.15) is 0 Å². The number of anilines is 6. The van der Waals surface area contributed by atoms with E-state index in [1.54, 1.807) is 0 Å². The lowest BCUT2D eigenvalue weighted by atomic mass is 9.33. The standard InChI is InChI=1S/C61H41BN2/c1-61(2)52-24-14-13-23-50(52)51-31-42(25-26-53(51)61)47-36-58-60-59(37-47)64(49-21-7-4-8-22-49)57-35-46-30-41-18-12-10-16-39(41)28-44(46)33-55(57)62(60)54-32-43-27-38-15-9-11-17-40(38)29-45(43)34-56(54)63(58)48-19-5-3-6-20-48/h3-37H,1-2H3. The van der Waals surface area contributed by atoms with Gasteiger partial charge in [-0.25, -0.2) is 0 Å². The van der Waals surface area contributed by atoms with Crippen LogP contribution in [0.15, 0.2) is 212 Å². The first kappa shape index (κ1) is 35.7. The Morgan fingerprint density at radius 1 is 0.328 bits per heavy atom. The Hall–Kier alpha value is -7.88. The lowest BCUT2D eigenvalue weighted by Crippen LogP contribution is -2.61. The third-order valence-electron chi connectivity index (χ3n) is 14.7. The first-order valence-corrected chi connectivity index (χ1v) is 22.5. The zero-order valence-electron chi connectivity index (χ0n) is 35.7. The molecule has 2 heterocycles. The van der Waals surface area contributed by atoms with Gasteiger partial charge in [0.15, 0.2) is 0 Å². The van der Waals surface area contributed by atoms with Gasteiger partial charge in [0.05, 0.1) is 0 Å². The van der Waals surface area contributed by atoms with Gasteiger partial charge in [-0.15, -0.1) is 0 Å². The zero-order chi connectivity index (χ0) is 42.3. The van der Waals surface area contributed by atoms with Crippen LogP contribution in [-0.2, 0) is 5.41 Å². The van der Waals surface area contributed by atoms with Crippen LogP contribution in [-0.4, -0.2) is 6.71 Å². The van der Waals surface area contributed by atoms with Crippen LogP contribution < -0.4 is 26.2 Å². The second-order valence-corrected chi connectivity index (χ2v) is 18.5. The second-order valence-electron chi connectivity index (χ2n) is 18.5. The molecule has 3 aliphatic rings. The molecule has 11 aromatic rings. The molecule has 0 saturated heterocycles. The van der Waals surface area contributed by atoms with Crippen LogP contribution in [0.3, 0.4) is 0 Å². The van der Waals surface area contributed by atoms with Crippen LogP contribution in [0.25, 0.3) is 65.3 Å². The molecule has 0 N–H and O–H groups in total. The Morgan fingerprint density at radius 2 is 0.766 bits per heavy atom. The SMILES string of the molecule is CC1(C)c2ccccc2-c2cc(-c3cc4c5c(c3)N(c3ccccc3)c3cc6cc7ccccc7cc6cc3B5c3cc5cc6ccccc6cc5cc3N4c3ccccc3)ccc21. The van der Waals surface area contributed by atoms with Crippen LogP contribution in [0.2, 0.25) is 0 Å². The number of fused-ring (bicyclic) bond motifs is 11. The van der Waals surface area contributed by atoms with Gasteiger partial charge in [-0.3, -0.25) is 0 Å². The summed E-state index contributed by atoms with van der Waals surface area (Å²) in [6.07, 6.45) is 0. The topological polar surface area (TPSA) is 6.48 Å². The van der Waals surface area contributed by atoms with E-state index in [9.17, 15) is 0 Å². The number of nitrogens with zero attached hydrogens (tertiary/aromatic N) is 2. The molecular formula is C61H41BN2. The van der Waals surface area contributed by atoms with Crippen LogP contribution in [0.4, 0.5) is 34.1 Å². The Morgan fingerprint density at radius 3 is 1.28 bits per heavy atom. The predicted molar refractivity (Wildman–Crippen MR) is 273 cm³/mol. The molecule has 2 aliphatic heterocycles. The summed E-state index contributed by atoms with van der Waals surface area (Å²) in [6.45, 7) is 4.71. The summed E-state index contributed by atoms with van der Waals surface area (Å²) < 4.78 is 0. The highest BCUT2D eigenvalue weighted by Gasteiger charge is 2.44. The number of para-hydroxylation sites is 2. The van der Waals surface area contributed by atoms with Crippen LogP contribution in [0.5, 0.6) is 0 Å². The highest BCUT2D eigenvalue weighted by Crippen LogP contribution is 2.51. The van der Waals surface area contributed by atoms with E-state index >= 15 is 0 Å². The molecule has 14 rings (SSSR count). The highest BCUT2D eigenvalue weighted by atomic mass is 15.2. The van der Waals surface area contributed by atoms with Crippen LogP contribution >= 0.6 is 0 Å². The predicted octanol–water partition coefficient (Wildman–Crippen LogP) is 14.4. The fraction of sp³-hybridized carbons (Fsp3) is 0.0492. The van der Waals surface area contributed by atoms with E-state index < -0.39 is 0 Å². The molecule has 0 fully saturated rings. The summed E-state index contributed by atoms with van der Waals surface area (Å²) in [6, 6.07) is 80.2. The van der Waals surface area contributed by atoms with Crippen molar-refractivity contribution in [2.75, 3.05) is 9.80 Å². The zero-order valence-corrected chi connectivity index (χ0v) is 35.7. The maximum atomic E-state index is 2.55. The largest absolute Gasteiger partial charge is 0.311 e. The number of benzene rings is 11. The van der Waals surface area contributed by atoms with Crippen molar-refractivity contribution in [3.8, 4) is 22.3 Å². The van der Waals surface area contributed by atoms with Gasteiger partial charge in [0, 0.05) is 39.5 Å². The number of rotatable bonds is 3. The molecule has 2 nitrogen and oxygen atoms in total. The first-order chi connectivity index (χ1) is 31.5. The second kappa shape index (κ2) is 13.1. The van der Waals surface area contributed by atoms with Gasteiger partial charge in [0.25, 0.3) is 6.71 Å². The van der Waals surface area contributed by atoms with Gasteiger partial charge in [-0.2, -0.15) is 0 Å². The summed E-state index contributed by atoms with van der Waals surface area (Å²) in [4.78, 5) is 5.11. The lowest BCUT2D eigenvalue weighted by molar-refractivity contribution is 0.660. The Kier molecular flexibility index (Phi) is 7.29. The Bertz CT molecular complexity index is 3590. The van der Waals surface area contributed by atoms with Crippen molar-refractivity contribution in [2.24, 2.45) is 0 Å². The average molecular weight is 813 g/mol. The van der Waals surface area contributed by atoms with E-state index in [0.717, 1.165) is 11.4 Å². The minimum absolute atomic E-state index is 0.0246. The third kappa shape index (κ3) is 5.04. The van der Waals surface area contributed by atoms with E-state index in [1.165, 1.54) is 116 Å². The van der Waals surface area contributed by atoms with Gasteiger partial charge in [-0.05, 0) is 172 Å². The molecule has 0 radical (unpaired) electrons. The Balaban J connectivity index is 1.12. The maximum absolute atomic E-state index is 2.55. The first-order valence-electron chi connectivity index (χ1n) is 22.5. The molecule has 0 unspecified atom stereocenters. The van der Waals surface area contributed by atoms with E-state index in [2.05, 4.69) is 236 Å². The fourth-order valence-corrected chi connectivity index (χ4v) is 11.6. The van der Waals surface area contributed by atoms with E-state index in [0.29, 0.717) is 0 Å². The van der Waals surface area contributed by atoms with E-state index in [1.807, 2.05) is 0 Å². The van der Waals surface area contributed by atoms with Crippen molar-refractivity contribution in [1.82, 2.24) is 0 Å². The summed E-state index contributed by atoms with van der Waals surface area (Å²) in [5, 5.41) is 10.0. The van der Waals surface area contributed by atoms with Crippen molar-refractivity contribution in [1.29, 1.82) is 0 Å². The number of hydrogen-bond acceptors (Lipinski definition) is 2. The van der Waals surface area contributed by atoms with Crippen molar-refractivity contribution in [3.63, 3.8) is 0 Å². The third-order valence-corrected chi connectivity index (χ3v) is 14.7. The number of hydrogen-bond donors (Lipinski definition) is 0. The molecule has 1 aliphatic carbocycles. The summed E-state index contributed by atoms with van der Waals surface area (Å²) in [5.74, 6) is 0. The molecule has 0 bridgehead atoms. The molecule has 64 heavy (non-hydrogen) atoms. The smallest absolute Gasteiger partial charge is 0.252 e. The maximum Gasteiger partial charge on any atom is 0.252 e. The van der Waals surface area contributed by atoms with Crippen molar-refractivity contribution < 1.29 is 0 Å². The molecular weight excluding hydrogens is 771 g/mol. The quantitative estimate of drug-likeness (QED) is 0.130. The normalized spacial score (nSPS) is 14.1. The van der Waals surface area contributed by atoms with Crippen LogP contribution in [0, 0.1) is 0 Å². The molecule has 0 spiro atoms. The minimum atomic E-state index is -0.0661. The molecule has 0 atom stereocenters. The van der Waals surface area contributed by atoms with Crippen molar-refractivity contribution in [2.45, 2.75) is 19.3 Å². The highest BCUT2D eigenvalue weighted by molar-refractivity contribution is 7.00. The Labute approximate surface area is 373 Å². The van der Waals surface area contributed by atoms with E-state index in [4.69, 9.17) is 0 Å². The summed E-state index contributed by atoms with van der Waals surface area (Å²) in [5.41, 5.74) is 18.9. The molecule has 298 valence electrons. The molecule has 0 amide bonds. The van der Waals surface area contributed by atoms with Gasteiger partial charge in [-0.1, -0.05) is 147 Å². The van der Waals surface area contributed by atoms with Crippen molar-refractivity contribution in [3.05, 3.63) is 223 Å². The lowest BCUT2D eigenvalue weighted by Gasteiger charge is -2.44. The fourth-order valence-electron chi connectivity index (χ4n) is 11.6. The van der Waals surface area contributed by atoms with Gasteiger partial charge in [0.2, 0.25) is 0 Å². The molecule has 0 saturated carbocycles. The summed E-state index contributed by atoms with van der Waals surface area (Å²) in [7, 11) is 0. The summed E-state index contributed by atoms with van der Waals surface area (Å²) >= 11 is 0. The minimum Gasteiger partial charge on any atom is -0.311 e. The molecule has 3 heteroatoms. The molecule has 0 aromatic heterocycles. The van der Waals surface area contributed by atoms with Gasteiger partial charge >= 0.3 is 0 Å². The monoisotopic (exact) mass is 812 g/mol. The average Bonchev–Trinajstić information content (AvgIpc) is 3.56.